The molecule has 9 heteroatoms. The van der Waals surface area contributed by atoms with E-state index in [1.807, 2.05) is 16.8 Å². The molecule has 1 amide bonds. The summed E-state index contributed by atoms with van der Waals surface area (Å²) in [5.74, 6) is -0.0514. The molecule has 4 rings (SSSR count). The monoisotopic (exact) mass is 400 g/mol. The quantitative estimate of drug-likeness (QED) is 0.588. The van der Waals surface area contributed by atoms with Crippen molar-refractivity contribution in [2.24, 2.45) is 11.7 Å². The first-order valence-electron chi connectivity index (χ1n) is 9.38. The van der Waals surface area contributed by atoms with Crippen molar-refractivity contribution in [2.75, 3.05) is 36.9 Å². The van der Waals surface area contributed by atoms with Gasteiger partial charge in [-0.2, -0.15) is 0 Å². The Morgan fingerprint density at radius 3 is 3.07 bits per heavy atom. The number of carbonyl (C=O) groups is 1. The molecule has 1 saturated heterocycles. The van der Waals surface area contributed by atoms with E-state index in [2.05, 4.69) is 14.9 Å². The second-order valence-corrected chi connectivity index (χ2v) is 8.05. The molecule has 0 radical (unpaired) electrons. The van der Waals surface area contributed by atoms with Crippen LogP contribution in [-0.4, -0.2) is 46.7 Å². The van der Waals surface area contributed by atoms with Crippen molar-refractivity contribution in [1.29, 1.82) is 0 Å². The lowest BCUT2D eigenvalue weighted by Gasteiger charge is -2.34. The van der Waals surface area contributed by atoms with Crippen LogP contribution < -0.4 is 16.4 Å². The van der Waals surface area contributed by atoms with Gasteiger partial charge in [-0.3, -0.25) is 4.79 Å². The van der Waals surface area contributed by atoms with E-state index in [0.29, 0.717) is 23.1 Å². The highest BCUT2D eigenvalue weighted by Crippen LogP contribution is 2.39. The maximum absolute atomic E-state index is 11.7. The van der Waals surface area contributed by atoms with E-state index in [0.717, 1.165) is 55.0 Å². The van der Waals surface area contributed by atoms with Crippen LogP contribution in [0.3, 0.4) is 0 Å². The lowest BCUT2D eigenvalue weighted by molar-refractivity contribution is 0.0876. The normalized spacial score (nSPS) is 17.3. The van der Waals surface area contributed by atoms with Crippen molar-refractivity contribution in [3.63, 3.8) is 0 Å². The Hall–Kier alpha value is -2.65. The Balaban J connectivity index is 1.43. The van der Waals surface area contributed by atoms with E-state index >= 15 is 0 Å². The van der Waals surface area contributed by atoms with Crippen molar-refractivity contribution in [3.8, 4) is 0 Å². The number of thiophene rings is 1. The van der Waals surface area contributed by atoms with Gasteiger partial charge in [-0.1, -0.05) is 0 Å². The van der Waals surface area contributed by atoms with Crippen LogP contribution in [0.25, 0.3) is 10.2 Å². The average Bonchev–Trinajstić information content (AvgIpc) is 3.33. The zero-order valence-corrected chi connectivity index (χ0v) is 16.4. The van der Waals surface area contributed by atoms with Crippen LogP contribution in [-0.2, 0) is 11.3 Å². The smallest absolute Gasteiger partial charge is 0.260 e. The molecule has 0 spiro atoms. The van der Waals surface area contributed by atoms with Gasteiger partial charge in [0.1, 0.15) is 9.71 Å². The highest BCUT2D eigenvalue weighted by Gasteiger charge is 2.25. The van der Waals surface area contributed by atoms with Gasteiger partial charge in [0, 0.05) is 38.2 Å². The van der Waals surface area contributed by atoms with Gasteiger partial charge in [-0.05, 0) is 24.8 Å². The van der Waals surface area contributed by atoms with Crippen LogP contribution in [0.2, 0.25) is 0 Å². The number of ether oxygens (including phenoxy) is 1. The van der Waals surface area contributed by atoms with Crippen LogP contribution >= 0.6 is 11.3 Å². The van der Waals surface area contributed by atoms with Gasteiger partial charge in [0.2, 0.25) is 0 Å². The number of hydrogen-bond acceptors (Lipinski definition) is 7. The average molecular weight is 401 g/mol. The molecule has 1 aliphatic heterocycles. The zero-order chi connectivity index (χ0) is 19.5. The molecule has 3 aromatic heterocycles. The molecule has 4 N–H and O–H groups in total. The SMILES string of the molecule is NC(=O)c1sc2nccc(N3CCC[C@H](COCCn4ccnc4)C3)c2c1N. The van der Waals surface area contributed by atoms with Gasteiger partial charge in [-0.25, -0.2) is 9.97 Å². The molecule has 0 saturated carbocycles. The van der Waals surface area contributed by atoms with Crippen LogP contribution in [0.15, 0.2) is 31.0 Å². The molecule has 0 unspecified atom stereocenters. The molecule has 28 heavy (non-hydrogen) atoms. The fraction of sp³-hybridized carbons (Fsp3) is 0.421. The maximum Gasteiger partial charge on any atom is 0.260 e. The predicted molar refractivity (Wildman–Crippen MR) is 111 cm³/mol. The maximum atomic E-state index is 11.7. The molecule has 3 aromatic rings. The lowest BCUT2D eigenvalue weighted by Crippen LogP contribution is -2.37. The molecule has 4 heterocycles. The van der Waals surface area contributed by atoms with Crippen LogP contribution in [0.5, 0.6) is 0 Å². The van der Waals surface area contributed by atoms with Crippen molar-refractivity contribution in [2.45, 2.75) is 19.4 Å². The van der Waals surface area contributed by atoms with Gasteiger partial charge in [0.05, 0.1) is 36.3 Å². The molecular weight excluding hydrogens is 376 g/mol. The van der Waals surface area contributed by atoms with E-state index in [9.17, 15) is 4.79 Å². The van der Waals surface area contributed by atoms with E-state index in [1.165, 1.54) is 11.3 Å². The Bertz CT molecular complexity index is 955. The predicted octanol–water partition coefficient (Wildman–Crippen LogP) is 2.11. The molecule has 0 bridgehead atoms. The van der Waals surface area contributed by atoms with E-state index in [4.69, 9.17) is 16.2 Å². The molecule has 1 atom stereocenters. The fourth-order valence-corrected chi connectivity index (χ4v) is 4.67. The summed E-state index contributed by atoms with van der Waals surface area (Å²) >= 11 is 1.26. The van der Waals surface area contributed by atoms with Crippen LogP contribution in [0, 0.1) is 5.92 Å². The van der Waals surface area contributed by atoms with Gasteiger partial charge < -0.3 is 25.7 Å². The lowest BCUT2D eigenvalue weighted by atomic mass is 9.98. The van der Waals surface area contributed by atoms with Gasteiger partial charge in [0.25, 0.3) is 5.91 Å². The number of rotatable bonds is 7. The van der Waals surface area contributed by atoms with E-state index < -0.39 is 5.91 Å². The number of carbonyl (C=O) groups excluding carboxylic acids is 1. The number of nitrogens with zero attached hydrogens (tertiary/aromatic N) is 4. The molecule has 0 aromatic carbocycles. The van der Waals surface area contributed by atoms with Crippen molar-refractivity contribution in [1.82, 2.24) is 14.5 Å². The summed E-state index contributed by atoms with van der Waals surface area (Å²) in [5, 5.41) is 0.836. The largest absolute Gasteiger partial charge is 0.397 e. The second-order valence-electron chi connectivity index (χ2n) is 7.05. The Kier molecular flexibility index (Phi) is 5.45. The third kappa shape index (κ3) is 3.81. The third-order valence-electron chi connectivity index (χ3n) is 5.10. The van der Waals surface area contributed by atoms with Crippen molar-refractivity contribution < 1.29 is 9.53 Å². The minimum atomic E-state index is -0.505. The van der Waals surface area contributed by atoms with Gasteiger partial charge >= 0.3 is 0 Å². The summed E-state index contributed by atoms with van der Waals surface area (Å²) < 4.78 is 7.92. The minimum Gasteiger partial charge on any atom is -0.397 e. The van der Waals surface area contributed by atoms with Gasteiger partial charge in [0.15, 0.2) is 0 Å². The molecular formula is C19H24N6O2S. The Labute approximate surface area is 167 Å². The summed E-state index contributed by atoms with van der Waals surface area (Å²) in [4.78, 5) is 23.5. The van der Waals surface area contributed by atoms with E-state index in [-0.39, 0.29) is 0 Å². The number of aromatic nitrogens is 3. The molecule has 1 fully saturated rings. The highest BCUT2D eigenvalue weighted by molar-refractivity contribution is 7.21. The molecule has 148 valence electrons. The highest BCUT2D eigenvalue weighted by atomic mass is 32.1. The molecule has 8 nitrogen and oxygen atoms in total. The number of hydrogen-bond donors (Lipinski definition) is 2. The third-order valence-corrected chi connectivity index (χ3v) is 6.23. The Morgan fingerprint density at radius 2 is 2.29 bits per heavy atom. The number of pyridine rings is 1. The number of imidazole rings is 1. The van der Waals surface area contributed by atoms with Crippen LogP contribution in [0.1, 0.15) is 22.5 Å². The Morgan fingerprint density at radius 1 is 1.39 bits per heavy atom. The number of piperidine rings is 1. The molecule has 0 aliphatic carbocycles. The summed E-state index contributed by atoms with van der Waals surface area (Å²) in [7, 11) is 0. The van der Waals surface area contributed by atoms with E-state index in [1.54, 1.807) is 18.7 Å². The standard InChI is InChI=1S/C19H24N6O2S/c20-16-15-14(3-4-23-19(15)28-17(16)18(21)26)25-6-1-2-13(10-25)11-27-9-8-24-7-5-22-12-24/h3-5,7,12-13H,1-2,6,8-11,20H2,(H2,21,26)/t13-/m0/s1. The number of fused-ring (bicyclic) bond motifs is 1. The zero-order valence-electron chi connectivity index (χ0n) is 15.6. The summed E-state index contributed by atoms with van der Waals surface area (Å²) in [6.07, 6.45) is 9.50. The second kappa shape index (κ2) is 8.15. The first-order chi connectivity index (χ1) is 13.6. The number of nitrogens with two attached hydrogens (primary N) is 2. The van der Waals surface area contributed by atoms with Crippen molar-refractivity contribution in [3.05, 3.63) is 35.9 Å². The van der Waals surface area contributed by atoms with Crippen molar-refractivity contribution >= 4 is 38.8 Å². The van der Waals surface area contributed by atoms with Gasteiger partial charge in [-0.15, -0.1) is 11.3 Å². The summed E-state index contributed by atoms with van der Waals surface area (Å²) in [6.45, 7) is 4.05. The fourth-order valence-electron chi connectivity index (χ4n) is 3.73. The first kappa shape index (κ1) is 18.7. The number of nitrogen functional groups attached to an aromatic ring is 1. The first-order valence-corrected chi connectivity index (χ1v) is 10.2. The molecule has 1 aliphatic rings. The minimum absolute atomic E-state index is 0.381. The van der Waals surface area contributed by atoms with Crippen LogP contribution in [0.4, 0.5) is 11.4 Å². The topological polar surface area (TPSA) is 112 Å². The number of primary amides is 1. The summed E-state index contributed by atoms with van der Waals surface area (Å²) in [5.41, 5.74) is 13.2. The number of anilines is 2. The summed E-state index contributed by atoms with van der Waals surface area (Å²) in [6, 6.07) is 1.97. The number of amides is 1.